The lowest BCUT2D eigenvalue weighted by Gasteiger charge is -2.10. The first-order valence-corrected chi connectivity index (χ1v) is 6.10. The zero-order valence-electron chi connectivity index (χ0n) is 11.3. The maximum Gasteiger partial charge on any atom is 0.204 e. The quantitative estimate of drug-likeness (QED) is 0.704. The van der Waals surface area contributed by atoms with Gasteiger partial charge in [-0.05, 0) is 12.1 Å². The maximum atomic E-state index is 12.5. The normalized spacial score (nSPS) is 11.0. The maximum absolute atomic E-state index is 12.5. The first-order chi connectivity index (χ1) is 10.1. The molecule has 0 unspecified atom stereocenters. The van der Waals surface area contributed by atoms with Gasteiger partial charge in [0.2, 0.25) is 11.2 Å². The molecule has 0 radical (unpaired) electrons. The van der Waals surface area contributed by atoms with Crippen molar-refractivity contribution in [2.45, 2.75) is 0 Å². The van der Waals surface area contributed by atoms with E-state index in [1.165, 1.54) is 26.4 Å². The second-order valence-electron chi connectivity index (χ2n) is 4.45. The van der Waals surface area contributed by atoms with Gasteiger partial charge >= 0.3 is 0 Å². The van der Waals surface area contributed by atoms with Crippen molar-refractivity contribution in [1.82, 2.24) is 0 Å². The van der Waals surface area contributed by atoms with Crippen LogP contribution >= 0.6 is 0 Å². The van der Waals surface area contributed by atoms with Crippen molar-refractivity contribution >= 4 is 21.9 Å². The average Bonchev–Trinajstić information content (AvgIpc) is 2.45. The third-order valence-corrected chi connectivity index (χ3v) is 3.25. The van der Waals surface area contributed by atoms with E-state index in [2.05, 4.69) is 0 Å². The van der Waals surface area contributed by atoms with Gasteiger partial charge in [-0.2, -0.15) is 0 Å². The molecular formula is C15H12O6. The van der Waals surface area contributed by atoms with Crippen LogP contribution in [0.5, 0.6) is 23.0 Å². The summed E-state index contributed by atoms with van der Waals surface area (Å²) in [5.41, 5.74) is -0.152. The Morgan fingerprint density at radius 1 is 1.10 bits per heavy atom. The van der Waals surface area contributed by atoms with Crippen molar-refractivity contribution in [3.63, 3.8) is 0 Å². The predicted molar refractivity (Wildman–Crippen MR) is 76.4 cm³/mol. The lowest BCUT2D eigenvalue weighted by molar-refractivity contribution is 0.354. The first kappa shape index (κ1) is 13.1. The van der Waals surface area contributed by atoms with Crippen molar-refractivity contribution < 1.29 is 24.1 Å². The Balaban J connectivity index is 2.56. The molecule has 0 saturated heterocycles. The van der Waals surface area contributed by atoms with Crippen LogP contribution in [0, 0.1) is 0 Å². The molecular weight excluding hydrogens is 276 g/mol. The molecule has 3 aromatic rings. The SMILES string of the molecule is COc1ccc2c(=O)c3c(O)cc(O)cc3oc2c1OC. The van der Waals surface area contributed by atoms with Gasteiger partial charge < -0.3 is 24.1 Å². The van der Waals surface area contributed by atoms with Crippen LogP contribution in [0.1, 0.15) is 0 Å². The fraction of sp³-hybridized carbons (Fsp3) is 0.133. The Hall–Kier alpha value is -2.89. The van der Waals surface area contributed by atoms with E-state index < -0.39 is 5.43 Å². The lowest BCUT2D eigenvalue weighted by Crippen LogP contribution is -2.04. The Morgan fingerprint density at radius 2 is 1.86 bits per heavy atom. The molecule has 0 bridgehead atoms. The highest BCUT2D eigenvalue weighted by molar-refractivity contribution is 5.96. The summed E-state index contributed by atoms with van der Waals surface area (Å²) in [5, 5.41) is 19.6. The van der Waals surface area contributed by atoms with E-state index in [1.54, 1.807) is 6.07 Å². The van der Waals surface area contributed by atoms with Crippen LogP contribution in [0.25, 0.3) is 21.9 Å². The molecule has 0 saturated carbocycles. The molecule has 2 aromatic carbocycles. The number of aromatic hydroxyl groups is 2. The van der Waals surface area contributed by atoms with E-state index in [0.29, 0.717) is 5.75 Å². The number of methoxy groups -OCH3 is 2. The zero-order chi connectivity index (χ0) is 15.1. The van der Waals surface area contributed by atoms with Gasteiger partial charge in [0.05, 0.1) is 19.6 Å². The topological polar surface area (TPSA) is 89.1 Å². The van der Waals surface area contributed by atoms with Crippen molar-refractivity contribution in [3.05, 3.63) is 34.5 Å². The minimum absolute atomic E-state index is 0.00696. The number of fused-ring (bicyclic) bond motifs is 2. The molecule has 6 nitrogen and oxygen atoms in total. The molecule has 0 spiro atoms. The van der Waals surface area contributed by atoms with Crippen molar-refractivity contribution in [1.29, 1.82) is 0 Å². The highest BCUT2D eigenvalue weighted by atomic mass is 16.5. The van der Waals surface area contributed by atoms with Crippen LogP contribution in [0.4, 0.5) is 0 Å². The smallest absolute Gasteiger partial charge is 0.204 e. The minimum Gasteiger partial charge on any atom is -0.508 e. The Bertz CT molecular complexity index is 910. The molecule has 108 valence electrons. The highest BCUT2D eigenvalue weighted by Gasteiger charge is 2.18. The van der Waals surface area contributed by atoms with E-state index >= 15 is 0 Å². The van der Waals surface area contributed by atoms with Gasteiger partial charge in [-0.25, -0.2) is 0 Å². The molecule has 0 fully saturated rings. The summed E-state index contributed by atoms with van der Waals surface area (Å²) in [6.45, 7) is 0. The summed E-state index contributed by atoms with van der Waals surface area (Å²) in [6.07, 6.45) is 0. The van der Waals surface area contributed by atoms with E-state index in [4.69, 9.17) is 13.9 Å². The standard InChI is InChI=1S/C15H12O6/c1-19-10-4-3-8-13(18)12-9(17)5-7(16)6-11(12)21-14(8)15(10)20-2/h3-6,16-17H,1-2H3. The van der Waals surface area contributed by atoms with E-state index in [0.717, 1.165) is 6.07 Å². The molecule has 3 rings (SSSR count). The summed E-state index contributed by atoms with van der Waals surface area (Å²) in [6, 6.07) is 5.47. The summed E-state index contributed by atoms with van der Waals surface area (Å²) in [7, 11) is 2.90. The van der Waals surface area contributed by atoms with Gasteiger partial charge in [0.25, 0.3) is 0 Å². The van der Waals surface area contributed by atoms with Gasteiger partial charge in [0.1, 0.15) is 22.5 Å². The number of phenols is 2. The van der Waals surface area contributed by atoms with Gasteiger partial charge in [-0.15, -0.1) is 0 Å². The molecule has 2 N–H and O–H groups in total. The number of benzene rings is 2. The first-order valence-electron chi connectivity index (χ1n) is 6.10. The Morgan fingerprint density at radius 3 is 2.52 bits per heavy atom. The fourth-order valence-corrected chi connectivity index (χ4v) is 2.32. The molecule has 0 aliphatic heterocycles. The summed E-state index contributed by atoms with van der Waals surface area (Å²) in [5.74, 6) is 0.147. The van der Waals surface area contributed by atoms with Crippen LogP contribution in [0.2, 0.25) is 0 Å². The number of phenolic OH excluding ortho intramolecular Hbond substituents is 2. The number of rotatable bonds is 2. The largest absolute Gasteiger partial charge is 0.508 e. The molecule has 1 heterocycles. The molecule has 21 heavy (non-hydrogen) atoms. The number of ether oxygens (including phenoxy) is 2. The van der Waals surface area contributed by atoms with Crippen molar-refractivity contribution in [2.24, 2.45) is 0 Å². The predicted octanol–water partition coefficient (Wildman–Crippen LogP) is 2.37. The highest BCUT2D eigenvalue weighted by Crippen LogP contribution is 2.37. The average molecular weight is 288 g/mol. The summed E-state index contributed by atoms with van der Waals surface area (Å²) >= 11 is 0. The lowest BCUT2D eigenvalue weighted by atomic mass is 10.1. The fourth-order valence-electron chi connectivity index (χ4n) is 2.32. The van der Waals surface area contributed by atoms with Gasteiger partial charge in [0, 0.05) is 12.1 Å². The van der Waals surface area contributed by atoms with Gasteiger partial charge in [-0.1, -0.05) is 0 Å². The number of hydrogen-bond acceptors (Lipinski definition) is 6. The summed E-state index contributed by atoms with van der Waals surface area (Å²) < 4.78 is 16.0. The molecule has 0 atom stereocenters. The second-order valence-corrected chi connectivity index (χ2v) is 4.45. The molecule has 1 aromatic heterocycles. The molecule has 0 aliphatic rings. The third kappa shape index (κ3) is 1.84. The van der Waals surface area contributed by atoms with Crippen LogP contribution in [0.3, 0.4) is 0 Å². The van der Waals surface area contributed by atoms with Crippen molar-refractivity contribution in [3.8, 4) is 23.0 Å². The zero-order valence-corrected chi connectivity index (χ0v) is 11.3. The summed E-state index contributed by atoms with van der Waals surface area (Å²) in [4.78, 5) is 12.5. The van der Waals surface area contributed by atoms with E-state index in [1.807, 2.05) is 0 Å². The second kappa shape index (κ2) is 4.59. The van der Waals surface area contributed by atoms with Gasteiger partial charge in [0.15, 0.2) is 11.3 Å². The minimum atomic E-state index is -0.412. The van der Waals surface area contributed by atoms with Gasteiger partial charge in [-0.3, -0.25) is 4.79 Å². The Labute approximate surface area is 118 Å². The van der Waals surface area contributed by atoms with Crippen LogP contribution in [0.15, 0.2) is 33.5 Å². The van der Waals surface area contributed by atoms with Crippen LogP contribution in [-0.2, 0) is 0 Å². The van der Waals surface area contributed by atoms with Crippen LogP contribution < -0.4 is 14.9 Å². The van der Waals surface area contributed by atoms with Crippen molar-refractivity contribution in [2.75, 3.05) is 14.2 Å². The van der Waals surface area contributed by atoms with E-state index in [9.17, 15) is 15.0 Å². The Kier molecular flexibility index (Phi) is 2.86. The molecule has 0 amide bonds. The van der Waals surface area contributed by atoms with Crippen LogP contribution in [-0.4, -0.2) is 24.4 Å². The third-order valence-electron chi connectivity index (χ3n) is 3.25. The molecule has 6 heteroatoms. The van der Waals surface area contributed by atoms with E-state index in [-0.39, 0.29) is 39.2 Å². The number of hydrogen-bond donors (Lipinski definition) is 2. The monoisotopic (exact) mass is 288 g/mol. The molecule has 0 aliphatic carbocycles.